The molecule has 11 heavy (non-hydrogen) atoms. The van der Waals surface area contributed by atoms with E-state index in [4.69, 9.17) is 5.73 Å². The fraction of sp³-hybridized carbons (Fsp3) is 0.714. The van der Waals surface area contributed by atoms with Gasteiger partial charge in [-0.25, -0.2) is 0 Å². The first-order valence-electron chi connectivity index (χ1n) is 3.72. The van der Waals surface area contributed by atoms with Gasteiger partial charge in [0.25, 0.3) is 0 Å². The van der Waals surface area contributed by atoms with Crippen molar-refractivity contribution >= 4 is 12.1 Å². The molecule has 0 saturated carbocycles. The van der Waals surface area contributed by atoms with Gasteiger partial charge in [-0.2, -0.15) is 0 Å². The third-order valence-electron chi connectivity index (χ3n) is 1.91. The maximum Gasteiger partial charge on any atom is 0.212 e. The second kappa shape index (κ2) is 3.59. The molecule has 4 heteroatoms. The van der Waals surface area contributed by atoms with E-state index in [0.717, 1.165) is 6.42 Å². The van der Waals surface area contributed by atoms with Crippen molar-refractivity contribution < 1.29 is 9.59 Å². The minimum atomic E-state index is -0.364. The van der Waals surface area contributed by atoms with Crippen LogP contribution in [0.3, 0.4) is 0 Å². The molecule has 1 aliphatic rings. The first kappa shape index (κ1) is 8.36. The summed E-state index contributed by atoms with van der Waals surface area (Å²) < 4.78 is 0. The Morgan fingerprint density at radius 3 is 2.73 bits per heavy atom. The molecule has 1 rings (SSSR count). The summed E-state index contributed by atoms with van der Waals surface area (Å²) in [6, 6.07) is -0.155. The topological polar surface area (TPSA) is 72.2 Å². The van der Waals surface area contributed by atoms with E-state index in [1.807, 2.05) is 0 Å². The molecule has 2 unspecified atom stereocenters. The minimum absolute atomic E-state index is 0.130. The number of piperidine rings is 1. The van der Waals surface area contributed by atoms with Crippen molar-refractivity contribution in [1.29, 1.82) is 0 Å². The number of aldehydes is 1. The van der Waals surface area contributed by atoms with Gasteiger partial charge < -0.3 is 11.1 Å². The van der Waals surface area contributed by atoms with E-state index < -0.39 is 0 Å². The quantitative estimate of drug-likeness (QED) is 0.390. The molecular formula is C7H12N2O2. The van der Waals surface area contributed by atoms with Crippen molar-refractivity contribution in [3.8, 4) is 0 Å². The Bertz CT molecular complexity index is 162. The molecule has 1 saturated heterocycles. The van der Waals surface area contributed by atoms with E-state index in [-0.39, 0.29) is 17.9 Å². The molecule has 0 aromatic heterocycles. The van der Waals surface area contributed by atoms with Crippen LogP contribution in [0.4, 0.5) is 0 Å². The number of hydrogen-bond donors (Lipinski definition) is 2. The van der Waals surface area contributed by atoms with Gasteiger partial charge >= 0.3 is 0 Å². The Hall–Kier alpha value is -0.740. The summed E-state index contributed by atoms with van der Waals surface area (Å²) in [5.41, 5.74) is 5.58. The normalized spacial score (nSPS) is 31.4. The first-order valence-corrected chi connectivity index (χ1v) is 3.72. The summed E-state index contributed by atoms with van der Waals surface area (Å²) in [6.45, 7) is 0.629. The molecule has 0 aliphatic carbocycles. The van der Waals surface area contributed by atoms with Gasteiger partial charge in [0.1, 0.15) is 0 Å². The molecule has 62 valence electrons. The van der Waals surface area contributed by atoms with Crippen molar-refractivity contribution in [3.05, 3.63) is 0 Å². The Labute approximate surface area is 65.1 Å². The highest BCUT2D eigenvalue weighted by atomic mass is 16.2. The second-order valence-electron chi connectivity index (χ2n) is 2.82. The number of Topliss-reactive ketones (excluding diaryl/α,β-unsaturated/α-hetero) is 1. The fourth-order valence-electron chi connectivity index (χ4n) is 1.20. The van der Waals surface area contributed by atoms with Crippen LogP contribution in [0.2, 0.25) is 0 Å². The smallest absolute Gasteiger partial charge is 0.212 e. The average Bonchev–Trinajstić information content (AvgIpc) is 2.05. The number of nitrogens with two attached hydrogens (primary N) is 1. The molecule has 2 atom stereocenters. The van der Waals surface area contributed by atoms with Crippen molar-refractivity contribution in [2.45, 2.75) is 24.9 Å². The number of rotatable bonds is 2. The van der Waals surface area contributed by atoms with Crippen molar-refractivity contribution in [2.24, 2.45) is 5.73 Å². The highest BCUT2D eigenvalue weighted by Gasteiger charge is 2.22. The zero-order chi connectivity index (χ0) is 8.27. The molecule has 0 aromatic rings. The number of ketones is 1. The third kappa shape index (κ3) is 2.10. The van der Waals surface area contributed by atoms with Gasteiger partial charge in [0, 0.05) is 12.6 Å². The number of carbonyl (C=O) groups is 2. The summed E-state index contributed by atoms with van der Waals surface area (Å²) >= 11 is 0. The molecule has 0 radical (unpaired) electrons. The van der Waals surface area contributed by atoms with Gasteiger partial charge in [-0.15, -0.1) is 0 Å². The van der Waals surface area contributed by atoms with Crippen LogP contribution in [0.5, 0.6) is 0 Å². The van der Waals surface area contributed by atoms with Gasteiger partial charge in [-0.1, -0.05) is 0 Å². The summed E-state index contributed by atoms with van der Waals surface area (Å²) in [5.74, 6) is -0.364. The third-order valence-corrected chi connectivity index (χ3v) is 1.91. The molecule has 4 nitrogen and oxygen atoms in total. The zero-order valence-corrected chi connectivity index (χ0v) is 6.25. The van der Waals surface area contributed by atoms with Gasteiger partial charge in [0.15, 0.2) is 6.29 Å². The Morgan fingerprint density at radius 1 is 1.55 bits per heavy atom. The Balaban J connectivity index is 2.38. The van der Waals surface area contributed by atoms with E-state index >= 15 is 0 Å². The molecular weight excluding hydrogens is 144 g/mol. The first-order chi connectivity index (χ1) is 5.24. The summed E-state index contributed by atoms with van der Waals surface area (Å²) in [7, 11) is 0. The van der Waals surface area contributed by atoms with E-state index in [0.29, 0.717) is 19.3 Å². The van der Waals surface area contributed by atoms with E-state index in [1.165, 1.54) is 0 Å². The lowest BCUT2D eigenvalue weighted by Gasteiger charge is -2.24. The van der Waals surface area contributed by atoms with E-state index in [1.54, 1.807) is 0 Å². The maximum atomic E-state index is 10.8. The predicted molar refractivity (Wildman–Crippen MR) is 40.1 cm³/mol. The number of carbonyl (C=O) groups excluding carboxylic acids is 2. The molecule has 0 amide bonds. The van der Waals surface area contributed by atoms with Crippen molar-refractivity contribution in [1.82, 2.24) is 5.32 Å². The van der Waals surface area contributed by atoms with Crippen LogP contribution in [0, 0.1) is 0 Å². The monoisotopic (exact) mass is 156 g/mol. The van der Waals surface area contributed by atoms with Gasteiger partial charge in [-0.05, 0) is 12.8 Å². The number of hydrogen-bond acceptors (Lipinski definition) is 4. The molecule has 1 fully saturated rings. The average molecular weight is 156 g/mol. The standard InChI is InChI=1S/C7H12N2O2/c8-5-1-2-6(9-3-5)7(11)4-10/h4-6,9H,1-3,8H2. The summed E-state index contributed by atoms with van der Waals surface area (Å²) in [6.07, 6.45) is 1.87. The molecule has 0 aromatic carbocycles. The summed E-state index contributed by atoms with van der Waals surface area (Å²) in [4.78, 5) is 20.9. The van der Waals surface area contributed by atoms with Gasteiger partial charge in [0.05, 0.1) is 6.04 Å². The maximum absolute atomic E-state index is 10.8. The van der Waals surface area contributed by atoms with Crippen LogP contribution >= 0.6 is 0 Å². The van der Waals surface area contributed by atoms with Gasteiger partial charge in [-0.3, -0.25) is 9.59 Å². The molecule has 1 heterocycles. The SMILES string of the molecule is NC1CCC(C(=O)C=O)NC1. The molecule has 3 N–H and O–H groups in total. The predicted octanol–water partition coefficient (Wildman–Crippen LogP) is -1.17. The van der Waals surface area contributed by atoms with Crippen LogP contribution in [0.1, 0.15) is 12.8 Å². The lowest BCUT2D eigenvalue weighted by Crippen LogP contribution is -2.49. The fourth-order valence-corrected chi connectivity index (χ4v) is 1.20. The van der Waals surface area contributed by atoms with Crippen LogP contribution in [-0.2, 0) is 9.59 Å². The van der Waals surface area contributed by atoms with Crippen LogP contribution in [0.25, 0.3) is 0 Å². The number of nitrogens with one attached hydrogen (secondary N) is 1. The Kier molecular flexibility index (Phi) is 2.73. The lowest BCUT2D eigenvalue weighted by atomic mass is 9.99. The van der Waals surface area contributed by atoms with Gasteiger partial charge in [0.2, 0.25) is 5.78 Å². The van der Waals surface area contributed by atoms with Crippen LogP contribution in [-0.4, -0.2) is 30.7 Å². The molecule has 0 spiro atoms. The zero-order valence-electron chi connectivity index (χ0n) is 6.25. The van der Waals surface area contributed by atoms with Crippen molar-refractivity contribution in [2.75, 3.05) is 6.54 Å². The highest BCUT2D eigenvalue weighted by molar-refractivity contribution is 6.27. The summed E-state index contributed by atoms with van der Waals surface area (Å²) in [5, 5.41) is 2.91. The van der Waals surface area contributed by atoms with Crippen molar-refractivity contribution in [3.63, 3.8) is 0 Å². The Morgan fingerprint density at radius 2 is 2.27 bits per heavy atom. The van der Waals surface area contributed by atoms with E-state index in [2.05, 4.69) is 5.32 Å². The van der Waals surface area contributed by atoms with Crippen LogP contribution < -0.4 is 11.1 Å². The largest absolute Gasteiger partial charge is 0.327 e. The molecule has 1 aliphatic heterocycles. The van der Waals surface area contributed by atoms with Crippen LogP contribution in [0.15, 0.2) is 0 Å². The highest BCUT2D eigenvalue weighted by Crippen LogP contribution is 2.06. The lowest BCUT2D eigenvalue weighted by molar-refractivity contribution is -0.131. The minimum Gasteiger partial charge on any atom is -0.327 e. The van der Waals surface area contributed by atoms with E-state index in [9.17, 15) is 9.59 Å². The second-order valence-corrected chi connectivity index (χ2v) is 2.82. The molecule has 0 bridgehead atoms.